The van der Waals surface area contributed by atoms with Crippen LogP contribution >= 0.6 is 11.6 Å². The van der Waals surface area contributed by atoms with Crippen molar-refractivity contribution in [1.82, 2.24) is 16.0 Å². The van der Waals surface area contributed by atoms with Crippen LogP contribution < -0.4 is 16.0 Å². The molecule has 10 nitrogen and oxygen atoms in total. The first kappa shape index (κ1) is 38.2. The van der Waals surface area contributed by atoms with E-state index in [2.05, 4.69) is 16.0 Å². The third-order valence-corrected chi connectivity index (χ3v) is 6.61. The van der Waals surface area contributed by atoms with Gasteiger partial charge in [0.05, 0.1) is 7.11 Å². The quantitative estimate of drug-likeness (QED) is 0.119. The highest BCUT2D eigenvalue weighted by Crippen LogP contribution is 2.23. The zero-order valence-electron chi connectivity index (χ0n) is 27.1. The first-order valence-electron chi connectivity index (χ1n) is 14.7. The number of hydrogen-bond donors (Lipinski definition) is 3. The number of carbonyl (C=O) groups is 4. The maximum atomic E-state index is 13.0. The predicted octanol–water partition coefficient (Wildman–Crippen LogP) is 5.73. The molecule has 0 radical (unpaired) electrons. The molecule has 44 heavy (non-hydrogen) atoms. The molecule has 0 saturated carbocycles. The van der Waals surface area contributed by atoms with Gasteiger partial charge >= 0.3 is 12.1 Å². The van der Waals surface area contributed by atoms with Crippen LogP contribution in [0.2, 0.25) is 0 Å². The summed E-state index contributed by atoms with van der Waals surface area (Å²) in [6.45, 7) is 13.4. The van der Waals surface area contributed by atoms with E-state index in [1.165, 1.54) is 19.4 Å². The van der Waals surface area contributed by atoms with Crippen molar-refractivity contribution in [1.29, 1.82) is 0 Å². The number of cyclic esters (lactones) is 1. The molecule has 11 heteroatoms. The largest absolute Gasteiger partial charge is 0.490 e. The van der Waals surface area contributed by atoms with E-state index in [9.17, 15) is 19.2 Å². The van der Waals surface area contributed by atoms with E-state index in [4.69, 9.17) is 25.8 Å². The maximum Gasteiger partial charge on any atom is 0.407 e. The minimum absolute atomic E-state index is 0.0173. The second kappa shape index (κ2) is 19.5. The van der Waals surface area contributed by atoms with E-state index >= 15 is 0 Å². The van der Waals surface area contributed by atoms with E-state index in [1.807, 2.05) is 46.8 Å². The van der Waals surface area contributed by atoms with Gasteiger partial charge in [-0.2, -0.15) is 0 Å². The van der Waals surface area contributed by atoms with Crippen molar-refractivity contribution in [3.05, 3.63) is 71.2 Å². The Hall–Kier alpha value is -3.79. The third-order valence-electron chi connectivity index (χ3n) is 6.46. The van der Waals surface area contributed by atoms with Gasteiger partial charge in [0.25, 0.3) is 0 Å². The van der Waals surface area contributed by atoms with E-state index in [-0.39, 0.29) is 23.7 Å². The Balaban J connectivity index is 2.72. The van der Waals surface area contributed by atoms with Gasteiger partial charge in [-0.1, -0.05) is 81.3 Å². The number of alkyl carbamates (subject to hydrolysis) is 1. The first-order chi connectivity index (χ1) is 20.7. The number of ether oxygens (including phenoxy) is 3. The van der Waals surface area contributed by atoms with Gasteiger partial charge in [0, 0.05) is 42.8 Å². The molecule has 0 aromatic carbocycles. The number of nitrogens with one attached hydrogen (secondary N) is 3. The standard InChI is InChI=1S/C33H48ClN3O7/c1-9-35-32(41)43-25(17-16-24(4)34)14-12-20-36-30(39)29(33(5,6)7)37-28(38)15-11-10-13-22(2)21-23(3)26-18-19-27(42-8)31(40)44-26/h10-13,15-16,19-21,23,25-26,29H,9,14,17-18H2,1-8H3,(H,35,41)(H,36,39)(H,37,38)/b13-10+,15-11+,20-12-,22-21+,24-16+/t23-,25+,26-,29+/m0/s1. The Morgan fingerprint density at radius 3 is 2.43 bits per heavy atom. The normalized spacial score (nSPS) is 18.4. The third kappa shape index (κ3) is 15.1. The summed E-state index contributed by atoms with van der Waals surface area (Å²) in [4.78, 5) is 49.4. The number of halogens is 1. The molecule has 0 aromatic heterocycles. The van der Waals surface area contributed by atoms with Crippen molar-refractivity contribution >= 4 is 35.5 Å². The molecule has 0 bridgehead atoms. The molecule has 1 rings (SSSR count). The summed E-state index contributed by atoms with van der Waals surface area (Å²) in [5.41, 5.74) is 0.368. The van der Waals surface area contributed by atoms with Gasteiger partial charge in [0.15, 0.2) is 5.76 Å². The molecule has 3 N–H and O–H groups in total. The Labute approximate surface area is 266 Å². The molecule has 1 aliphatic rings. The fraction of sp³-hybridized carbons (Fsp3) is 0.515. The van der Waals surface area contributed by atoms with Crippen LogP contribution in [0.3, 0.4) is 0 Å². The topological polar surface area (TPSA) is 132 Å². The molecule has 0 aliphatic carbocycles. The minimum atomic E-state index is -0.814. The smallest absolute Gasteiger partial charge is 0.407 e. The molecule has 0 spiro atoms. The minimum Gasteiger partial charge on any atom is -0.490 e. The van der Waals surface area contributed by atoms with Gasteiger partial charge in [-0.25, -0.2) is 9.59 Å². The lowest BCUT2D eigenvalue weighted by Gasteiger charge is -2.29. The van der Waals surface area contributed by atoms with Crippen LogP contribution in [0, 0.1) is 11.3 Å². The SMILES string of the molecule is CCNC(=O)O[C@H](C/C=C\NC(=O)[C@@H](NC(=O)/C=C/C=C/C(C)=C/[C@H](C)[C@@H]1CC=C(OC)C(=O)O1)C(C)(C)C)C/C=C(\C)Cl. The monoisotopic (exact) mass is 633 g/mol. The van der Waals surface area contributed by atoms with Gasteiger partial charge < -0.3 is 30.2 Å². The Morgan fingerprint density at radius 2 is 1.84 bits per heavy atom. The molecule has 1 aliphatic heterocycles. The summed E-state index contributed by atoms with van der Waals surface area (Å²) in [5, 5.41) is 8.66. The van der Waals surface area contributed by atoms with Gasteiger partial charge in [0.2, 0.25) is 11.8 Å². The molecule has 1 heterocycles. The number of carbonyl (C=O) groups excluding carboxylic acids is 4. The first-order valence-corrected chi connectivity index (χ1v) is 15.1. The lowest BCUT2D eigenvalue weighted by atomic mass is 9.86. The Morgan fingerprint density at radius 1 is 1.16 bits per heavy atom. The van der Waals surface area contributed by atoms with Gasteiger partial charge in [-0.3, -0.25) is 9.59 Å². The molecular weight excluding hydrogens is 586 g/mol. The number of allylic oxidation sites excluding steroid dienone is 5. The number of esters is 1. The summed E-state index contributed by atoms with van der Waals surface area (Å²) in [7, 11) is 1.44. The van der Waals surface area contributed by atoms with Crippen molar-refractivity contribution in [2.24, 2.45) is 11.3 Å². The Bertz CT molecular complexity index is 1170. The second-order valence-electron chi connectivity index (χ2n) is 11.5. The van der Waals surface area contributed by atoms with Gasteiger partial charge in [-0.05, 0) is 38.5 Å². The van der Waals surface area contributed by atoms with Crippen LogP contribution in [0.5, 0.6) is 0 Å². The van der Waals surface area contributed by atoms with E-state index in [0.717, 1.165) is 5.57 Å². The van der Waals surface area contributed by atoms with E-state index in [0.29, 0.717) is 30.8 Å². The molecule has 0 fully saturated rings. The predicted molar refractivity (Wildman–Crippen MR) is 172 cm³/mol. The summed E-state index contributed by atoms with van der Waals surface area (Å²) in [6, 6.07) is -0.814. The van der Waals surface area contributed by atoms with Crippen molar-refractivity contribution in [3.63, 3.8) is 0 Å². The van der Waals surface area contributed by atoms with Crippen LogP contribution in [0.1, 0.15) is 67.7 Å². The summed E-state index contributed by atoms with van der Waals surface area (Å²) < 4.78 is 15.8. The average molecular weight is 634 g/mol. The summed E-state index contributed by atoms with van der Waals surface area (Å²) in [6.07, 6.45) is 15.2. The van der Waals surface area contributed by atoms with Crippen molar-refractivity contribution < 1.29 is 33.4 Å². The number of rotatable bonds is 15. The molecule has 0 aromatic rings. The summed E-state index contributed by atoms with van der Waals surface area (Å²) in [5.74, 6) is -1.06. The summed E-state index contributed by atoms with van der Waals surface area (Å²) >= 11 is 5.92. The Kier molecular flexibility index (Phi) is 16.9. The van der Waals surface area contributed by atoms with E-state index in [1.54, 1.807) is 44.2 Å². The zero-order valence-corrected chi connectivity index (χ0v) is 27.8. The highest BCUT2D eigenvalue weighted by Gasteiger charge is 2.32. The lowest BCUT2D eigenvalue weighted by Crippen LogP contribution is -2.52. The second-order valence-corrected chi connectivity index (χ2v) is 12.1. The van der Waals surface area contributed by atoms with Gasteiger partial charge in [-0.15, -0.1) is 0 Å². The van der Waals surface area contributed by atoms with Crippen molar-refractivity contribution in [3.8, 4) is 0 Å². The van der Waals surface area contributed by atoms with Crippen molar-refractivity contribution in [2.45, 2.75) is 86.0 Å². The maximum absolute atomic E-state index is 13.0. The highest BCUT2D eigenvalue weighted by molar-refractivity contribution is 6.29. The number of methoxy groups -OCH3 is 1. The molecule has 3 amide bonds. The zero-order chi connectivity index (χ0) is 33.3. The highest BCUT2D eigenvalue weighted by atomic mass is 35.5. The lowest BCUT2D eigenvalue weighted by molar-refractivity contribution is -0.151. The van der Waals surface area contributed by atoms with Gasteiger partial charge in [0.1, 0.15) is 18.2 Å². The van der Waals surface area contributed by atoms with E-state index < -0.39 is 35.5 Å². The molecule has 244 valence electrons. The number of hydrogen-bond acceptors (Lipinski definition) is 7. The number of amides is 3. The molecule has 0 unspecified atom stereocenters. The van der Waals surface area contributed by atoms with Crippen LogP contribution in [0.15, 0.2) is 71.2 Å². The molecule has 4 atom stereocenters. The van der Waals surface area contributed by atoms with Crippen LogP contribution in [0.4, 0.5) is 4.79 Å². The average Bonchev–Trinajstić information content (AvgIpc) is 2.94. The fourth-order valence-electron chi connectivity index (χ4n) is 4.10. The molecular formula is C33H48ClN3O7. The van der Waals surface area contributed by atoms with Crippen LogP contribution in [-0.4, -0.2) is 55.8 Å². The van der Waals surface area contributed by atoms with Crippen molar-refractivity contribution in [2.75, 3.05) is 13.7 Å². The van der Waals surface area contributed by atoms with Crippen LogP contribution in [-0.2, 0) is 28.6 Å². The molecule has 0 saturated heterocycles. The van der Waals surface area contributed by atoms with Crippen LogP contribution in [0.25, 0.3) is 0 Å². The fourth-order valence-corrected chi connectivity index (χ4v) is 4.19.